The van der Waals surface area contributed by atoms with Crippen molar-refractivity contribution in [3.63, 3.8) is 0 Å². The average molecular weight is 574 g/mol. The second-order valence-electron chi connectivity index (χ2n) is 6.39. The molecule has 0 aromatic heterocycles. The molecule has 1 aliphatic heterocycles. The molecule has 0 aromatic rings. The van der Waals surface area contributed by atoms with Crippen LogP contribution < -0.4 is 0 Å². The van der Waals surface area contributed by atoms with Gasteiger partial charge in [0.15, 0.2) is 0 Å². The van der Waals surface area contributed by atoms with Crippen molar-refractivity contribution in [2.75, 3.05) is 0 Å². The van der Waals surface area contributed by atoms with Crippen molar-refractivity contribution in [3.8, 4) is 0 Å². The SMILES string of the molecule is CC(C)(C)C1=CC(=O)C=C(C(C)(C)C)[Te]1(I)I. The summed E-state index contributed by atoms with van der Waals surface area (Å²) in [4.78, 5) is 11.9. The molecule has 0 fully saturated rings. The Hall–Kier alpha value is 1.40. The monoisotopic (exact) mass is 576 g/mol. The molecule has 0 spiro atoms. The molecule has 0 bridgehead atoms. The Bertz CT molecular complexity index is 370. The van der Waals surface area contributed by atoms with Gasteiger partial charge in [-0.25, -0.2) is 0 Å². The van der Waals surface area contributed by atoms with Crippen molar-refractivity contribution in [1.29, 1.82) is 0 Å². The van der Waals surface area contributed by atoms with Crippen LogP contribution in [0.4, 0.5) is 0 Å². The molecule has 0 atom stereocenters. The number of allylic oxidation sites excluding steroid dienone is 4. The van der Waals surface area contributed by atoms with Gasteiger partial charge in [0.25, 0.3) is 0 Å². The Labute approximate surface area is 128 Å². The van der Waals surface area contributed by atoms with E-state index >= 15 is 0 Å². The van der Waals surface area contributed by atoms with Crippen molar-refractivity contribution >= 4 is 53.5 Å². The summed E-state index contributed by atoms with van der Waals surface area (Å²) in [6.07, 6.45) is 3.80. The van der Waals surface area contributed by atoms with Gasteiger partial charge in [-0.05, 0) is 0 Å². The number of rotatable bonds is 0. The van der Waals surface area contributed by atoms with Crippen LogP contribution in [0.3, 0.4) is 0 Å². The van der Waals surface area contributed by atoms with Crippen LogP contribution in [0.25, 0.3) is 0 Å². The van der Waals surface area contributed by atoms with E-state index in [1.54, 1.807) is 0 Å². The average Bonchev–Trinajstić information content (AvgIpc) is 2.04. The topological polar surface area (TPSA) is 17.1 Å². The van der Waals surface area contributed by atoms with Gasteiger partial charge in [-0.2, -0.15) is 0 Å². The van der Waals surface area contributed by atoms with Crippen LogP contribution in [0.15, 0.2) is 19.4 Å². The molecular weight excluding hydrogens is 554 g/mol. The zero-order valence-corrected chi connectivity index (χ0v) is 17.9. The molecule has 0 radical (unpaired) electrons. The number of halogens is 2. The van der Waals surface area contributed by atoms with Gasteiger partial charge in [0.2, 0.25) is 0 Å². The molecule has 0 unspecified atom stereocenters. The third-order valence-electron chi connectivity index (χ3n) is 2.58. The van der Waals surface area contributed by atoms with E-state index in [1.807, 2.05) is 12.2 Å². The van der Waals surface area contributed by atoms with E-state index in [1.165, 1.54) is 7.24 Å². The van der Waals surface area contributed by atoms with Crippen molar-refractivity contribution in [2.24, 2.45) is 10.8 Å². The van der Waals surface area contributed by atoms with E-state index in [4.69, 9.17) is 0 Å². The predicted molar refractivity (Wildman–Crippen MR) is 93.9 cm³/mol. The number of carbonyl (C=O) groups is 1. The van der Waals surface area contributed by atoms with Crippen LogP contribution in [0.2, 0.25) is 0 Å². The van der Waals surface area contributed by atoms with Crippen LogP contribution >= 0.6 is 37.4 Å². The van der Waals surface area contributed by atoms with E-state index < -0.39 is 10.3 Å². The van der Waals surface area contributed by atoms with E-state index in [-0.39, 0.29) is 16.6 Å². The van der Waals surface area contributed by atoms with E-state index in [9.17, 15) is 4.79 Å². The molecule has 1 heterocycles. The number of carbonyl (C=O) groups excluding carboxylic acids is 1. The van der Waals surface area contributed by atoms with Crippen molar-refractivity contribution in [3.05, 3.63) is 19.4 Å². The summed E-state index contributed by atoms with van der Waals surface area (Å²) in [5.41, 5.74) is 0.202. The molecule has 1 aliphatic rings. The normalized spacial score (nSPS) is 22.9. The fourth-order valence-electron chi connectivity index (χ4n) is 1.77. The third-order valence-corrected chi connectivity index (χ3v) is 22.6. The molecule has 0 aromatic carbocycles. The van der Waals surface area contributed by atoms with Gasteiger partial charge in [-0.3, -0.25) is 0 Å². The Kier molecular flexibility index (Phi) is 4.90. The molecule has 1 rings (SSSR count). The molecular formula is C13H20I2OTe. The van der Waals surface area contributed by atoms with Crippen LogP contribution in [-0.4, -0.2) is 16.1 Å². The molecule has 98 valence electrons. The third kappa shape index (κ3) is 3.70. The van der Waals surface area contributed by atoms with Crippen LogP contribution in [0, 0.1) is 10.8 Å². The fraction of sp³-hybridized carbons (Fsp3) is 0.615. The second-order valence-corrected chi connectivity index (χ2v) is 40.6. The zero-order chi connectivity index (χ0) is 13.6. The van der Waals surface area contributed by atoms with Gasteiger partial charge in [-0.1, -0.05) is 0 Å². The standard InChI is InChI=1S/C13H20I2OTe/c1-12(2,3)10-7-9(16)8-11(13(4,5)6)17(10,14)15/h7-8H,1-6H3. The van der Waals surface area contributed by atoms with Gasteiger partial charge >= 0.3 is 130 Å². The summed E-state index contributed by atoms with van der Waals surface area (Å²) in [7, 11) is -2.32. The van der Waals surface area contributed by atoms with Crippen LogP contribution in [-0.2, 0) is 4.79 Å². The molecule has 0 amide bonds. The predicted octanol–water partition coefficient (Wildman–Crippen LogP) is 4.90. The van der Waals surface area contributed by atoms with Gasteiger partial charge in [-0.15, -0.1) is 0 Å². The zero-order valence-electron chi connectivity index (χ0n) is 11.2. The minimum absolute atomic E-state index is 0.101. The first-order valence-electron chi connectivity index (χ1n) is 5.58. The molecule has 0 saturated heterocycles. The molecule has 0 aliphatic carbocycles. The summed E-state index contributed by atoms with van der Waals surface area (Å²) in [6.45, 7) is 13.3. The van der Waals surface area contributed by atoms with Gasteiger partial charge in [0, 0.05) is 0 Å². The van der Waals surface area contributed by atoms with Crippen LogP contribution in [0.1, 0.15) is 41.5 Å². The molecule has 0 saturated carbocycles. The van der Waals surface area contributed by atoms with Gasteiger partial charge in [0.05, 0.1) is 0 Å². The van der Waals surface area contributed by atoms with E-state index in [2.05, 4.69) is 78.9 Å². The van der Waals surface area contributed by atoms with Gasteiger partial charge < -0.3 is 0 Å². The van der Waals surface area contributed by atoms with Crippen molar-refractivity contribution in [2.45, 2.75) is 41.5 Å². The molecule has 0 N–H and O–H groups in total. The van der Waals surface area contributed by atoms with Crippen LogP contribution in [0.5, 0.6) is 0 Å². The van der Waals surface area contributed by atoms with Gasteiger partial charge in [0.1, 0.15) is 0 Å². The quantitative estimate of drug-likeness (QED) is 0.298. The Morgan fingerprint density at radius 1 is 0.882 bits per heavy atom. The molecule has 4 heteroatoms. The Morgan fingerprint density at radius 3 is 1.41 bits per heavy atom. The number of hydrogen-bond acceptors (Lipinski definition) is 1. The first-order valence-corrected chi connectivity index (χ1v) is 21.5. The molecule has 1 nitrogen and oxygen atoms in total. The second kappa shape index (κ2) is 5.06. The first kappa shape index (κ1) is 16.5. The molecule has 17 heavy (non-hydrogen) atoms. The number of hydrogen-bond donors (Lipinski definition) is 0. The first-order chi connectivity index (χ1) is 7.37. The number of ketones is 1. The Morgan fingerprint density at radius 2 is 1.18 bits per heavy atom. The summed E-state index contributed by atoms with van der Waals surface area (Å²) in [5.74, 6) is 0.176. The van der Waals surface area contributed by atoms with E-state index in [0.29, 0.717) is 0 Å². The summed E-state index contributed by atoms with van der Waals surface area (Å²) in [6, 6.07) is 0. The minimum atomic E-state index is -2.32. The Balaban J connectivity index is 3.38. The van der Waals surface area contributed by atoms with Crippen molar-refractivity contribution in [1.82, 2.24) is 0 Å². The fourth-order valence-corrected chi connectivity index (χ4v) is 29.5. The summed E-state index contributed by atoms with van der Waals surface area (Å²) < 4.78 is 2.80. The van der Waals surface area contributed by atoms with E-state index in [0.717, 1.165) is 0 Å². The summed E-state index contributed by atoms with van der Waals surface area (Å²) >= 11 is 5.33. The maximum absolute atomic E-state index is 11.9. The summed E-state index contributed by atoms with van der Waals surface area (Å²) in [5, 5.41) is 0. The maximum atomic E-state index is 11.9. The van der Waals surface area contributed by atoms with Crippen molar-refractivity contribution < 1.29 is 4.79 Å².